The van der Waals surface area contributed by atoms with E-state index in [1.54, 1.807) is 30.3 Å². The fraction of sp³-hybridized carbons (Fsp3) is 0.321. The Labute approximate surface area is 220 Å². The molecule has 0 aromatic heterocycles. The van der Waals surface area contributed by atoms with Crippen molar-refractivity contribution in [2.24, 2.45) is 0 Å². The second-order valence-corrected chi connectivity index (χ2v) is 9.42. The van der Waals surface area contributed by atoms with Crippen molar-refractivity contribution in [1.82, 2.24) is 10.6 Å². The molecular weight excluding hydrogens is 526 g/mol. The van der Waals surface area contributed by atoms with Crippen molar-refractivity contribution in [2.75, 3.05) is 0 Å². The lowest BCUT2D eigenvalue weighted by atomic mass is 9.77. The molecular formula is C28H26F6N2O3. The molecule has 3 aromatic rings. The fourth-order valence-corrected chi connectivity index (χ4v) is 4.77. The minimum Gasteiger partial charge on any atom is -0.428 e. The van der Waals surface area contributed by atoms with E-state index in [-0.39, 0.29) is 17.5 Å². The summed E-state index contributed by atoms with van der Waals surface area (Å²) in [5, 5.41) is 15.6. The van der Waals surface area contributed by atoms with Crippen LogP contribution in [-0.4, -0.2) is 35.8 Å². The Kier molecular flexibility index (Phi) is 8.39. The van der Waals surface area contributed by atoms with Crippen molar-refractivity contribution in [1.29, 1.82) is 0 Å². The van der Waals surface area contributed by atoms with Gasteiger partial charge in [-0.3, -0.25) is 0 Å². The van der Waals surface area contributed by atoms with E-state index in [1.807, 2.05) is 0 Å². The number of halogens is 6. The molecule has 11 heteroatoms. The van der Waals surface area contributed by atoms with E-state index in [0.29, 0.717) is 30.9 Å². The molecule has 0 spiro atoms. The van der Waals surface area contributed by atoms with Crippen LogP contribution in [0.25, 0.3) is 0 Å². The van der Waals surface area contributed by atoms with Crippen molar-refractivity contribution in [3.63, 3.8) is 0 Å². The van der Waals surface area contributed by atoms with Gasteiger partial charge in [0.25, 0.3) is 0 Å². The van der Waals surface area contributed by atoms with Gasteiger partial charge in [0.1, 0.15) is 17.4 Å². The van der Waals surface area contributed by atoms with Crippen molar-refractivity contribution in [3.8, 4) is 5.75 Å². The van der Waals surface area contributed by atoms with Gasteiger partial charge < -0.3 is 20.5 Å². The van der Waals surface area contributed by atoms with Gasteiger partial charge in [0.05, 0.1) is 17.7 Å². The van der Waals surface area contributed by atoms with Crippen LogP contribution in [0.3, 0.4) is 0 Å². The smallest absolute Gasteiger partial charge is 0.428 e. The van der Waals surface area contributed by atoms with Gasteiger partial charge in [-0.1, -0.05) is 42.5 Å². The highest BCUT2D eigenvalue weighted by atomic mass is 19.3. The number of alkyl halides is 4. The van der Waals surface area contributed by atoms with Crippen LogP contribution in [0.2, 0.25) is 0 Å². The Morgan fingerprint density at radius 1 is 0.949 bits per heavy atom. The van der Waals surface area contributed by atoms with Gasteiger partial charge in [-0.2, -0.15) is 17.6 Å². The first-order valence-electron chi connectivity index (χ1n) is 12.2. The van der Waals surface area contributed by atoms with Gasteiger partial charge in [-0.15, -0.1) is 0 Å². The number of aliphatic hydroxyl groups is 1. The highest BCUT2D eigenvalue weighted by molar-refractivity contribution is 5.76. The average Bonchev–Trinajstić information content (AvgIpc) is 3.27. The SMILES string of the molecule is O=C(NC1CCC[C@H]1O)N[C@](Cc1ccccc1)(c1ccc(F)cc1)c1cc(F)cc(OC(F)(F)C(F)F)c1. The summed E-state index contributed by atoms with van der Waals surface area (Å²) in [4.78, 5) is 13.3. The van der Waals surface area contributed by atoms with E-state index in [2.05, 4.69) is 15.4 Å². The lowest BCUT2D eigenvalue weighted by Gasteiger charge is -2.37. The Hall–Kier alpha value is -3.73. The molecule has 1 aliphatic carbocycles. The number of amides is 2. The first-order chi connectivity index (χ1) is 18.5. The lowest BCUT2D eigenvalue weighted by molar-refractivity contribution is -0.253. The van der Waals surface area contributed by atoms with Gasteiger partial charge in [0.15, 0.2) is 0 Å². The zero-order valence-corrected chi connectivity index (χ0v) is 20.5. The number of hydrogen-bond acceptors (Lipinski definition) is 3. The van der Waals surface area contributed by atoms with Gasteiger partial charge >= 0.3 is 18.6 Å². The number of benzene rings is 3. The molecule has 4 rings (SSSR count). The highest BCUT2D eigenvalue weighted by Gasteiger charge is 2.45. The second kappa shape index (κ2) is 11.6. The molecule has 0 saturated heterocycles. The summed E-state index contributed by atoms with van der Waals surface area (Å²) in [6.07, 6.45) is -8.27. The van der Waals surface area contributed by atoms with E-state index < -0.39 is 53.6 Å². The van der Waals surface area contributed by atoms with Crippen LogP contribution in [0, 0.1) is 11.6 Å². The standard InChI is InChI=1S/C28H26F6N2O3/c29-20-11-9-18(10-12-20)27(16-17-5-2-1-3-6-17,36-26(38)35-23-7-4-8-24(23)37)19-13-21(30)15-22(14-19)39-28(33,34)25(31)32/h1-3,5-6,9-15,23-25,37H,4,7-8,16H2,(H2,35,36,38)/t23?,24-,27-/m1/s1. The van der Waals surface area contributed by atoms with Gasteiger partial charge in [-0.05, 0) is 60.2 Å². The Balaban J connectivity index is 1.86. The number of hydrogen-bond donors (Lipinski definition) is 3. The van der Waals surface area contributed by atoms with Crippen molar-refractivity contribution < 1.29 is 41.0 Å². The summed E-state index contributed by atoms with van der Waals surface area (Å²) in [5.41, 5.74) is -0.983. The second-order valence-electron chi connectivity index (χ2n) is 9.42. The maximum atomic E-state index is 14.8. The summed E-state index contributed by atoms with van der Waals surface area (Å²) in [6, 6.07) is 14.5. The van der Waals surface area contributed by atoms with Crippen LogP contribution in [0.15, 0.2) is 72.8 Å². The number of carbonyl (C=O) groups excluding carboxylic acids is 1. The Bertz CT molecular complexity index is 1280. The van der Waals surface area contributed by atoms with Crippen molar-refractivity contribution in [2.45, 2.75) is 55.9 Å². The molecule has 208 valence electrons. The van der Waals surface area contributed by atoms with Gasteiger partial charge in [-0.25, -0.2) is 13.6 Å². The summed E-state index contributed by atoms with van der Waals surface area (Å²) < 4.78 is 86.1. The first kappa shape index (κ1) is 28.3. The minimum absolute atomic E-state index is 0.0752. The molecule has 0 aliphatic heterocycles. The maximum Gasteiger partial charge on any atom is 0.461 e. The number of aliphatic hydroxyl groups excluding tert-OH is 1. The molecule has 1 fully saturated rings. The number of nitrogens with one attached hydrogen (secondary N) is 2. The summed E-state index contributed by atoms with van der Waals surface area (Å²) >= 11 is 0. The Morgan fingerprint density at radius 2 is 1.64 bits per heavy atom. The predicted molar refractivity (Wildman–Crippen MR) is 131 cm³/mol. The van der Waals surface area contributed by atoms with Crippen LogP contribution < -0.4 is 15.4 Å². The van der Waals surface area contributed by atoms with Crippen LogP contribution >= 0.6 is 0 Å². The lowest BCUT2D eigenvalue weighted by Crippen LogP contribution is -2.55. The normalized spacial score (nSPS) is 19.0. The van der Waals surface area contributed by atoms with Crippen LogP contribution in [0.4, 0.5) is 31.1 Å². The summed E-state index contributed by atoms with van der Waals surface area (Å²) in [6.45, 7) is 0. The zero-order chi connectivity index (χ0) is 28.2. The molecule has 3 aromatic carbocycles. The summed E-state index contributed by atoms with van der Waals surface area (Å²) in [5.74, 6) is -2.60. The van der Waals surface area contributed by atoms with E-state index in [1.165, 1.54) is 12.1 Å². The van der Waals surface area contributed by atoms with Gasteiger partial charge in [0, 0.05) is 12.5 Å². The van der Waals surface area contributed by atoms with Crippen molar-refractivity contribution in [3.05, 3.63) is 101 Å². The van der Waals surface area contributed by atoms with E-state index in [9.17, 15) is 36.2 Å². The molecule has 1 unspecified atom stereocenters. The van der Waals surface area contributed by atoms with E-state index >= 15 is 0 Å². The van der Waals surface area contributed by atoms with Gasteiger partial charge in [0.2, 0.25) is 0 Å². The van der Waals surface area contributed by atoms with E-state index in [4.69, 9.17) is 0 Å². The number of rotatable bonds is 9. The summed E-state index contributed by atoms with van der Waals surface area (Å²) in [7, 11) is 0. The minimum atomic E-state index is -4.91. The topological polar surface area (TPSA) is 70.6 Å². The molecule has 0 radical (unpaired) electrons. The largest absolute Gasteiger partial charge is 0.461 e. The number of urea groups is 1. The van der Waals surface area contributed by atoms with Crippen LogP contribution in [0.5, 0.6) is 5.75 Å². The number of carbonyl (C=O) groups is 1. The molecule has 2 amide bonds. The third-order valence-corrected chi connectivity index (χ3v) is 6.64. The third-order valence-electron chi connectivity index (χ3n) is 6.64. The molecule has 39 heavy (non-hydrogen) atoms. The molecule has 1 saturated carbocycles. The quantitative estimate of drug-likeness (QED) is 0.290. The third kappa shape index (κ3) is 6.65. The monoisotopic (exact) mass is 552 g/mol. The van der Waals surface area contributed by atoms with Crippen LogP contribution in [-0.2, 0) is 12.0 Å². The van der Waals surface area contributed by atoms with Crippen LogP contribution in [0.1, 0.15) is 36.0 Å². The zero-order valence-electron chi connectivity index (χ0n) is 20.5. The fourth-order valence-electron chi connectivity index (χ4n) is 4.77. The van der Waals surface area contributed by atoms with E-state index in [0.717, 1.165) is 24.3 Å². The molecule has 3 N–H and O–H groups in total. The predicted octanol–water partition coefficient (Wildman–Crippen LogP) is 5.90. The molecule has 0 bridgehead atoms. The maximum absolute atomic E-state index is 14.8. The van der Waals surface area contributed by atoms with Crippen molar-refractivity contribution >= 4 is 6.03 Å². The average molecular weight is 553 g/mol. The Morgan fingerprint density at radius 3 is 2.26 bits per heavy atom. The highest BCUT2D eigenvalue weighted by Crippen LogP contribution is 2.38. The molecule has 0 heterocycles. The number of ether oxygens (including phenoxy) is 1. The molecule has 1 aliphatic rings. The molecule has 5 nitrogen and oxygen atoms in total. The molecule has 3 atom stereocenters. The first-order valence-corrected chi connectivity index (χ1v) is 12.2.